The monoisotopic (exact) mass is 198 g/mol. The van der Waals surface area contributed by atoms with E-state index < -0.39 is 0 Å². The van der Waals surface area contributed by atoms with Crippen molar-refractivity contribution in [2.24, 2.45) is 0 Å². The molecule has 3 heteroatoms. The van der Waals surface area contributed by atoms with Crippen molar-refractivity contribution in [3.63, 3.8) is 0 Å². The number of Topliss-reactive ketones (excluding diaryl/α,β-unsaturated/α-hetero) is 1. The largest absolute Gasteiger partial charge is 0.294 e. The fourth-order valence-corrected chi connectivity index (χ4v) is 1.31. The predicted octanol–water partition coefficient (Wildman–Crippen LogP) is 1.90. The molecule has 0 aliphatic rings. The highest BCUT2D eigenvalue weighted by Gasteiger charge is 2.06. The molecule has 74 valence electrons. The molecule has 1 aromatic carbocycles. The first kappa shape index (κ1) is 9.52. The summed E-state index contributed by atoms with van der Waals surface area (Å²) in [7, 11) is 0. The van der Waals surface area contributed by atoms with Gasteiger partial charge in [-0.25, -0.2) is 0 Å². The summed E-state index contributed by atoms with van der Waals surface area (Å²) in [5.74, 6) is 0.0658. The van der Waals surface area contributed by atoms with E-state index in [2.05, 4.69) is 9.97 Å². The molecule has 3 nitrogen and oxygen atoms in total. The van der Waals surface area contributed by atoms with E-state index >= 15 is 0 Å². The molecule has 0 saturated carbocycles. The predicted molar refractivity (Wildman–Crippen MR) is 56.5 cm³/mol. The zero-order valence-corrected chi connectivity index (χ0v) is 8.13. The minimum Gasteiger partial charge on any atom is -0.294 e. The Kier molecular flexibility index (Phi) is 2.83. The quantitative estimate of drug-likeness (QED) is 0.707. The maximum Gasteiger partial charge on any atom is 0.168 e. The van der Waals surface area contributed by atoms with Gasteiger partial charge < -0.3 is 0 Å². The minimum atomic E-state index is 0.0658. The molecule has 15 heavy (non-hydrogen) atoms. The second-order valence-electron chi connectivity index (χ2n) is 3.16. The van der Waals surface area contributed by atoms with Gasteiger partial charge in [-0.15, -0.1) is 0 Å². The Hall–Kier alpha value is -2.03. The standard InChI is InChI=1S/C12H10N2O/c15-12(10-4-2-1-3-5-10)8-11-9-13-6-7-14-11/h1-7,9H,8H2. The van der Waals surface area contributed by atoms with E-state index in [4.69, 9.17) is 0 Å². The van der Waals surface area contributed by atoms with Crippen LogP contribution in [0.4, 0.5) is 0 Å². The number of benzene rings is 1. The summed E-state index contributed by atoms with van der Waals surface area (Å²) in [6.07, 6.45) is 5.10. The summed E-state index contributed by atoms with van der Waals surface area (Å²) in [6.45, 7) is 0. The highest BCUT2D eigenvalue weighted by atomic mass is 16.1. The maximum absolute atomic E-state index is 11.7. The van der Waals surface area contributed by atoms with Crippen LogP contribution in [0.15, 0.2) is 48.9 Å². The molecular weight excluding hydrogens is 188 g/mol. The molecule has 0 fully saturated rings. The number of carbonyl (C=O) groups excluding carboxylic acids is 1. The molecule has 0 atom stereocenters. The number of rotatable bonds is 3. The van der Waals surface area contributed by atoms with E-state index in [9.17, 15) is 4.79 Å². The van der Waals surface area contributed by atoms with E-state index in [1.54, 1.807) is 30.7 Å². The van der Waals surface area contributed by atoms with Gasteiger partial charge in [0.15, 0.2) is 5.78 Å². The van der Waals surface area contributed by atoms with Crippen LogP contribution in [-0.2, 0) is 6.42 Å². The second-order valence-corrected chi connectivity index (χ2v) is 3.16. The molecule has 0 radical (unpaired) electrons. The lowest BCUT2D eigenvalue weighted by Crippen LogP contribution is -2.04. The van der Waals surface area contributed by atoms with E-state index in [0.29, 0.717) is 17.7 Å². The van der Waals surface area contributed by atoms with Gasteiger partial charge in [-0.1, -0.05) is 30.3 Å². The van der Waals surface area contributed by atoms with Crippen LogP contribution < -0.4 is 0 Å². The SMILES string of the molecule is O=C(Cc1cnccn1)c1ccccc1. The highest BCUT2D eigenvalue weighted by Crippen LogP contribution is 2.04. The average molecular weight is 198 g/mol. The van der Waals surface area contributed by atoms with E-state index in [1.165, 1.54) is 0 Å². The normalized spacial score (nSPS) is 9.87. The van der Waals surface area contributed by atoms with Crippen molar-refractivity contribution < 1.29 is 4.79 Å². The summed E-state index contributed by atoms with van der Waals surface area (Å²) >= 11 is 0. The van der Waals surface area contributed by atoms with Gasteiger partial charge in [-0.05, 0) is 0 Å². The van der Waals surface area contributed by atoms with Gasteiger partial charge in [-0.2, -0.15) is 0 Å². The van der Waals surface area contributed by atoms with Crippen molar-refractivity contribution in [2.75, 3.05) is 0 Å². The third-order valence-electron chi connectivity index (χ3n) is 2.05. The van der Waals surface area contributed by atoms with Crippen molar-refractivity contribution >= 4 is 5.78 Å². The molecular formula is C12H10N2O. The molecule has 0 N–H and O–H groups in total. The summed E-state index contributed by atoms with van der Waals surface area (Å²) in [6, 6.07) is 9.20. The number of hydrogen-bond acceptors (Lipinski definition) is 3. The molecule has 1 aromatic heterocycles. The molecule has 0 unspecified atom stereocenters. The lowest BCUT2D eigenvalue weighted by molar-refractivity contribution is 0.0992. The van der Waals surface area contributed by atoms with Crippen molar-refractivity contribution in [1.29, 1.82) is 0 Å². The van der Waals surface area contributed by atoms with Gasteiger partial charge >= 0.3 is 0 Å². The third-order valence-corrected chi connectivity index (χ3v) is 2.05. The Bertz CT molecular complexity index is 440. The van der Waals surface area contributed by atoms with Crippen LogP contribution in [0.3, 0.4) is 0 Å². The Labute approximate surface area is 87.8 Å². The fourth-order valence-electron chi connectivity index (χ4n) is 1.31. The molecule has 2 rings (SSSR count). The molecule has 0 saturated heterocycles. The number of ketones is 1. The van der Waals surface area contributed by atoms with Gasteiger partial charge in [0.2, 0.25) is 0 Å². The zero-order valence-electron chi connectivity index (χ0n) is 8.13. The van der Waals surface area contributed by atoms with Crippen LogP contribution in [0.25, 0.3) is 0 Å². The van der Waals surface area contributed by atoms with Gasteiger partial charge in [0.1, 0.15) is 0 Å². The second kappa shape index (κ2) is 4.46. The van der Waals surface area contributed by atoms with Gasteiger partial charge in [0.05, 0.1) is 12.1 Å². The maximum atomic E-state index is 11.7. The van der Waals surface area contributed by atoms with E-state index in [0.717, 1.165) is 0 Å². The first-order chi connectivity index (χ1) is 7.36. The van der Waals surface area contributed by atoms with E-state index in [-0.39, 0.29) is 5.78 Å². The first-order valence-electron chi connectivity index (χ1n) is 4.69. The summed E-state index contributed by atoms with van der Waals surface area (Å²) in [4.78, 5) is 19.7. The van der Waals surface area contributed by atoms with Crippen LogP contribution in [0.1, 0.15) is 16.1 Å². The third kappa shape index (κ3) is 2.47. The van der Waals surface area contributed by atoms with Crippen LogP contribution >= 0.6 is 0 Å². The van der Waals surface area contributed by atoms with Crippen LogP contribution in [0.2, 0.25) is 0 Å². The molecule has 0 aliphatic carbocycles. The van der Waals surface area contributed by atoms with Gasteiger partial charge in [0.25, 0.3) is 0 Å². The average Bonchev–Trinajstić information content (AvgIpc) is 2.31. The van der Waals surface area contributed by atoms with Gasteiger partial charge in [-0.3, -0.25) is 14.8 Å². The number of hydrogen-bond donors (Lipinski definition) is 0. The van der Waals surface area contributed by atoms with Crippen molar-refractivity contribution in [2.45, 2.75) is 6.42 Å². The summed E-state index contributed by atoms with van der Waals surface area (Å²) in [5.41, 5.74) is 1.41. The zero-order chi connectivity index (χ0) is 10.5. The van der Waals surface area contributed by atoms with Crippen LogP contribution in [0.5, 0.6) is 0 Å². The topological polar surface area (TPSA) is 42.9 Å². The molecule has 0 bridgehead atoms. The Morgan fingerprint density at radius 3 is 2.60 bits per heavy atom. The molecule has 0 amide bonds. The van der Waals surface area contributed by atoms with Crippen molar-refractivity contribution in [3.05, 3.63) is 60.2 Å². The van der Waals surface area contributed by atoms with Gasteiger partial charge in [0, 0.05) is 24.2 Å². The number of nitrogens with zero attached hydrogens (tertiary/aromatic N) is 2. The number of carbonyl (C=O) groups is 1. The Balaban J connectivity index is 2.12. The van der Waals surface area contributed by atoms with E-state index in [1.807, 2.05) is 18.2 Å². The molecule has 0 spiro atoms. The first-order valence-corrected chi connectivity index (χ1v) is 4.69. The minimum absolute atomic E-state index is 0.0658. The lowest BCUT2D eigenvalue weighted by Gasteiger charge is -1.99. The Morgan fingerprint density at radius 1 is 1.13 bits per heavy atom. The van der Waals surface area contributed by atoms with Crippen LogP contribution in [-0.4, -0.2) is 15.8 Å². The van der Waals surface area contributed by atoms with Crippen molar-refractivity contribution in [1.82, 2.24) is 9.97 Å². The lowest BCUT2D eigenvalue weighted by atomic mass is 10.1. The molecule has 2 aromatic rings. The molecule has 1 heterocycles. The Morgan fingerprint density at radius 2 is 1.93 bits per heavy atom. The smallest absolute Gasteiger partial charge is 0.168 e. The number of aromatic nitrogens is 2. The van der Waals surface area contributed by atoms with Crippen molar-refractivity contribution in [3.8, 4) is 0 Å². The highest BCUT2D eigenvalue weighted by molar-refractivity contribution is 5.97. The molecule has 0 aliphatic heterocycles. The van der Waals surface area contributed by atoms with Crippen LogP contribution in [0, 0.1) is 0 Å². The summed E-state index contributed by atoms with van der Waals surface area (Å²) in [5, 5.41) is 0. The fraction of sp³-hybridized carbons (Fsp3) is 0.0833. The summed E-state index contributed by atoms with van der Waals surface area (Å²) < 4.78 is 0.